The topological polar surface area (TPSA) is 142 Å². The molecule has 0 aliphatic carbocycles. The van der Waals surface area contributed by atoms with Crippen molar-refractivity contribution in [2.45, 2.75) is 30.6 Å². The Morgan fingerprint density at radius 1 is 0.880 bits per heavy atom. The quantitative estimate of drug-likeness (QED) is 0.0906. The van der Waals surface area contributed by atoms with Crippen molar-refractivity contribution in [3.63, 3.8) is 0 Å². The highest BCUT2D eigenvalue weighted by molar-refractivity contribution is 9.10. The molecule has 4 aromatic carbocycles. The second-order valence-electron chi connectivity index (χ2n) is 11.6. The molecule has 0 spiro atoms. The number of H-pyrrole nitrogens is 1. The van der Waals surface area contributed by atoms with Crippen LogP contribution in [-0.4, -0.2) is 61.2 Å². The second kappa shape index (κ2) is 15.1. The number of halogens is 1. The van der Waals surface area contributed by atoms with E-state index in [0.29, 0.717) is 54.9 Å². The van der Waals surface area contributed by atoms with E-state index in [1.165, 1.54) is 34.6 Å². The number of imidazole rings is 1. The molecular formula is C37H34BrN5O6S. The predicted molar refractivity (Wildman–Crippen MR) is 194 cm³/mol. The maximum absolute atomic E-state index is 14.4. The maximum Gasteiger partial charge on any atom is 0.273 e. The smallest absolute Gasteiger partial charge is 0.273 e. The van der Waals surface area contributed by atoms with Crippen LogP contribution in [-0.2, 0) is 10.0 Å². The zero-order valence-electron chi connectivity index (χ0n) is 27.1. The predicted octanol–water partition coefficient (Wildman–Crippen LogP) is 7.15. The summed E-state index contributed by atoms with van der Waals surface area (Å²) in [7, 11) is -2.80. The zero-order valence-corrected chi connectivity index (χ0v) is 29.5. The summed E-state index contributed by atoms with van der Waals surface area (Å²) < 4.78 is 36.3. The molecule has 0 bridgehead atoms. The van der Waals surface area contributed by atoms with Gasteiger partial charge in [0.15, 0.2) is 0 Å². The number of hydrogen-bond acceptors (Lipinski definition) is 7. The lowest BCUT2D eigenvalue weighted by molar-refractivity contribution is 0.0651. The summed E-state index contributed by atoms with van der Waals surface area (Å²) in [6.45, 7) is 0.454. The molecule has 13 heteroatoms. The van der Waals surface area contributed by atoms with E-state index in [1.807, 2.05) is 30.3 Å². The normalized spacial score (nSPS) is 12.6. The van der Waals surface area contributed by atoms with Crippen molar-refractivity contribution in [3.8, 4) is 17.1 Å². The number of carbonyl (C=O) groups is 3. The van der Waals surface area contributed by atoms with E-state index < -0.39 is 15.9 Å². The number of ether oxygens (including phenoxy) is 1. The van der Waals surface area contributed by atoms with Crippen LogP contribution in [0, 0.1) is 0 Å². The van der Waals surface area contributed by atoms with Gasteiger partial charge >= 0.3 is 0 Å². The number of unbranched alkanes of at least 4 members (excludes halogenated alkanes) is 3. The van der Waals surface area contributed by atoms with E-state index in [1.54, 1.807) is 54.6 Å². The first-order valence-electron chi connectivity index (χ1n) is 16.0. The Bertz CT molecular complexity index is 2100. The van der Waals surface area contributed by atoms with Crippen LogP contribution in [0.4, 0.5) is 11.4 Å². The average molecular weight is 757 g/mol. The molecule has 2 N–H and O–H groups in total. The van der Waals surface area contributed by atoms with Gasteiger partial charge in [0, 0.05) is 28.8 Å². The van der Waals surface area contributed by atoms with Crippen LogP contribution in [0.25, 0.3) is 11.4 Å². The SMILES string of the molecule is COc1ccc(NC(=O)c2cnc(-c3ccccc3)[nH]2)cc1S(=O)(=O)N(CCCCCCN1C(=O)c2ccccc2C1=O)c1ccc(Br)cc1. The monoisotopic (exact) mass is 755 g/mol. The number of nitrogens with one attached hydrogen (secondary N) is 2. The van der Waals surface area contributed by atoms with E-state index in [-0.39, 0.29) is 40.4 Å². The van der Waals surface area contributed by atoms with Gasteiger partial charge in [0.25, 0.3) is 27.7 Å². The van der Waals surface area contributed by atoms with E-state index in [0.717, 1.165) is 10.0 Å². The van der Waals surface area contributed by atoms with Gasteiger partial charge in [-0.1, -0.05) is 71.2 Å². The molecule has 0 unspecified atom stereocenters. The van der Waals surface area contributed by atoms with Crippen molar-refractivity contribution in [2.75, 3.05) is 29.8 Å². The molecule has 1 aliphatic heterocycles. The molecule has 5 aromatic rings. The average Bonchev–Trinajstić information content (AvgIpc) is 3.72. The number of nitrogens with zero attached hydrogens (tertiary/aromatic N) is 3. The molecule has 256 valence electrons. The number of rotatable bonds is 14. The van der Waals surface area contributed by atoms with E-state index in [2.05, 4.69) is 31.2 Å². The largest absolute Gasteiger partial charge is 0.495 e. The van der Waals surface area contributed by atoms with Gasteiger partial charge in [-0.25, -0.2) is 13.4 Å². The number of benzene rings is 4. The van der Waals surface area contributed by atoms with Gasteiger partial charge in [0.2, 0.25) is 0 Å². The first-order chi connectivity index (χ1) is 24.2. The number of aromatic nitrogens is 2. The minimum absolute atomic E-state index is 0.110. The fourth-order valence-corrected chi connectivity index (χ4v) is 7.72. The molecule has 6 rings (SSSR count). The fraction of sp³-hybridized carbons (Fsp3) is 0.189. The summed E-state index contributed by atoms with van der Waals surface area (Å²) in [6.07, 6.45) is 3.88. The Balaban J connectivity index is 1.15. The molecule has 1 aliphatic rings. The molecule has 0 saturated heterocycles. The second-order valence-corrected chi connectivity index (χ2v) is 14.4. The summed E-state index contributed by atoms with van der Waals surface area (Å²) >= 11 is 3.42. The number of sulfonamides is 1. The number of anilines is 2. The van der Waals surface area contributed by atoms with Crippen molar-refractivity contribution in [2.24, 2.45) is 0 Å². The third-order valence-corrected chi connectivity index (χ3v) is 10.7. The van der Waals surface area contributed by atoms with Gasteiger partial charge in [-0.15, -0.1) is 0 Å². The molecule has 0 radical (unpaired) electrons. The summed E-state index contributed by atoms with van der Waals surface area (Å²) in [5.41, 5.74) is 2.59. The number of aromatic amines is 1. The summed E-state index contributed by atoms with van der Waals surface area (Å²) in [4.78, 5) is 47.0. The molecule has 1 aromatic heterocycles. The first-order valence-corrected chi connectivity index (χ1v) is 18.2. The summed E-state index contributed by atoms with van der Waals surface area (Å²) in [5.74, 6) is -0.403. The lowest BCUT2D eigenvalue weighted by Gasteiger charge is -2.26. The van der Waals surface area contributed by atoms with Crippen LogP contribution in [0.5, 0.6) is 5.75 Å². The fourth-order valence-electron chi connectivity index (χ4n) is 5.77. The minimum atomic E-state index is -4.19. The number of imide groups is 1. The van der Waals surface area contributed by atoms with Crippen LogP contribution in [0.15, 0.2) is 113 Å². The Morgan fingerprint density at radius 2 is 1.54 bits per heavy atom. The first kappa shape index (κ1) is 34.6. The highest BCUT2D eigenvalue weighted by Crippen LogP contribution is 2.33. The molecule has 50 heavy (non-hydrogen) atoms. The Morgan fingerprint density at radius 3 is 2.22 bits per heavy atom. The van der Waals surface area contributed by atoms with Gasteiger partial charge in [-0.05, 0) is 67.4 Å². The Labute approximate surface area is 298 Å². The molecule has 0 saturated carbocycles. The van der Waals surface area contributed by atoms with Gasteiger partial charge in [-0.3, -0.25) is 23.6 Å². The number of methoxy groups -OCH3 is 1. The number of carbonyl (C=O) groups excluding carboxylic acids is 3. The third-order valence-electron chi connectivity index (χ3n) is 8.34. The van der Waals surface area contributed by atoms with Crippen molar-refractivity contribution in [3.05, 3.63) is 125 Å². The molecule has 0 atom stereocenters. The van der Waals surface area contributed by atoms with Gasteiger partial charge < -0.3 is 15.0 Å². The minimum Gasteiger partial charge on any atom is -0.495 e. The van der Waals surface area contributed by atoms with Crippen LogP contribution < -0.4 is 14.4 Å². The summed E-state index contributed by atoms with van der Waals surface area (Å²) in [5, 5.41) is 2.77. The van der Waals surface area contributed by atoms with Gasteiger partial charge in [-0.2, -0.15) is 0 Å². The third kappa shape index (κ3) is 7.33. The van der Waals surface area contributed by atoms with Crippen molar-refractivity contribution in [1.82, 2.24) is 14.9 Å². The van der Waals surface area contributed by atoms with Crippen LogP contribution in [0.2, 0.25) is 0 Å². The van der Waals surface area contributed by atoms with E-state index >= 15 is 0 Å². The Kier molecular flexibility index (Phi) is 10.4. The van der Waals surface area contributed by atoms with Crippen LogP contribution >= 0.6 is 15.9 Å². The van der Waals surface area contributed by atoms with Crippen LogP contribution in [0.1, 0.15) is 56.9 Å². The summed E-state index contributed by atoms with van der Waals surface area (Å²) in [6, 6.07) is 27.6. The number of amides is 3. The van der Waals surface area contributed by atoms with Crippen LogP contribution in [0.3, 0.4) is 0 Å². The molecular weight excluding hydrogens is 722 g/mol. The highest BCUT2D eigenvalue weighted by atomic mass is 79.9. The van der Waals surface area contributed by atoms with Gasteiger partial charge in [0.05, 0.1) is 30.1 Å². The van der Waals surface area contributed by atoms with Crippen molar-refractivity contribution in [1.29, 1.82) is 0 Å². The maximum atomic E-state index is 14.4. The number of fused-ring (bicyclic) bond motifs is 1. The molecule has 0 fully saturated rings. The lowest BCUT2D eigenvalue weighted by Crippen LogP contribution is -2.32. The van der Waals surface area contributed by atoms with Crippen molar-refractivity contribution < 1.29 is 27.5 Å². The zero-order chi connectivity index (χ0) is 35.3. The Hall–Kier alpha value is -5.27. The van der Waals surface area contributed by atoms with Gasteiger partial charge in [0.1, 0.15) is 22.2 Å². The standard InChI is InChI=1S/C37H34BrN5O6S/c1-49-32-20-17-27(40-35(44)31-24-39-34(41-31)25-11-5-4-6-12-25)23-33(32)50(47,48)43(28-18-15-26(38)16-19-28)22-10-3-2-9-21-42-36(45)29-13-7-8-14-30(29)37(42)46/h4-8,11-20,23-24H,2-3,9-10,21-22H2,1H3,(H,39,41)(H,40,44). The van der Waals surface area contributed by atoms with E-state index in [9.17, 15) is 22.8 Å². The molecule has 3 amide bonds. The van der Waals surface area contributed by atoms with E-state index in [4.69, 9.17) is 4.74 Å². The van der Waals surface area contributed by atoms with Crippen molar-refractivity contribution >= 4 is 55.0 Å². The lowest BCUT2D eigenvalue weighted by atomic mass is 10.1. The highest BCUT2D eigenvalue weighted by Gasteiger charge is 2.34. The molecule has 11 nitrogen and oxygen atoms in total. The molecule has 2 heterocycles. The number of hydrogen-bond donors (Lipinski definition) is 2.